The second-order valence-electron chi connectivity index (χ2n) is 4.16. The topological polar surface area (TPSA) is 108 Å². The van der Waals surface area contributed by atoms with Crippen LogP contribution in [-0.2, 0) is 4.79 Å². The zero-order valence-electron chi connectivity index (χ0n) is 11.2. The molecule has 0 aliphatic heterocycles. The normalized spacial score (nSPS) is 9.95. The Bertz CT molecular complexity index is 647. The molecule has 2 heterocycles. The first-order chi connectivity index (χ1) is 10.1. The van der Waals surface area contributed by atoms with Crippen LogP contribution in [0.1, 0.15) is 10.5 Å². The first-order valence-electron chi connectivity index (χ1n) is 6.04. The minimum absolute atomic E-state index is 0.0159. The van der Waals surface area contributed by atoms with Crippen LogP contribution in [0.25, 0.3) is 0 Å². The van der Waals surface area contributed by atoms with Crippen LogP contribution < -0.4 is 10.2 Å². The molecule has 2 aromatic rings. The van der Waals surface area contributed by atoms with Gasteiger partial charge in [0, 0.05) is 25.6 Å². The van der Waals surface area contributed by atoms with Crippen molar-refractivity contribution in [1.82, 2.24) is 15.0 Å². The lowest BCUT2D eigenvalue weighted by Crippen LogP contribution is -2.31. The first-order valence-corrected chi connectivity index (χ1v) is 6.04. The third-order valence-electron chi connectivity index (χ3n) is 2.56. The quantitative estimate of drug-likeness (QED) is 0.830. The molecule has 0 atom stereocenters. The summed E-state index contributed by atoms with van der Waals surface area (Å²) in [5.41, 5.74) is -0.0538. The molecule has 8 heteroatoms. The Morgan fingerprint density at radius 3 is 2.52 bits per heavy atom. The molecule has 0 radical (unpaired) electrons. The van der Waals surface area contributed by atoms with Gasteiger partial charge < -0.3 is 15.3 Å². The van der Waals surface area contributed by atoms with Crippen molar-refractivity contribution in [3.05, 3.63) is 42.5 Å². The largest absolute Gasteiger partial charge is 0.476 e. The Hall–Kier alpha value is -3.03. The summed E-state index contributed by atoms with van der Waals surface area (Å²) in [7, 11) is 1.66. The van der Waals surface area contributed by atoms with E-state index in [4.69, 9.17) is 5.11 Å². The summed E-state index contributed by atoms with van der Waals surface area (Å²) < 4.78 is 0. The smallest absolute Gasteiger partial charge is 0.356 e. The van der Waals surface area contributed by atoms with Gasteiger partial charge in [-0.15, -0.1) is 0 Å². The summed E-state index contributed by atoms with van der Waals surface area (Å²) in [6, 6.07) is 4.70. The minimum atomic E-state index is -1.20. The van der Waals surface area contributed by atoms with Gasteiger partial charge in [0.15, 0.2) is 5.69 Å². The lowest BCUT2D eigenvalue weighted by atomic mass is 10.3. The third-order valence-corrected chi connectivity index (χ3v) is 2.56. The molecule has 0 aliphatic carbocycles. The van der Waals surface area contributed by atoms with E-state index in [9.17, 15) is 9.59 Å². The fourth-order valence-corrected chi connectivity index (χ4v) is 1.64. The van der Waals surface area contributed by atoms with Crippen molar-refractivity contribution < 1.29 is 14.7 Å². The summed E-state index contributed by atoms with van der Waals surface area (Å²) in [6.45, 7) is -0.0159. The van der Waals surface area contributed by atoms with Crippen molar-refractivity contribution in [2.45, 2.75) is 0 Å². The van der Waals surface area contributed by atoms with E-state index in [0.717, 1.165) is 0 Å². The Labute approximate surface area is 120 Å². The number of aromatic nitrogens is 3. The average Bonchev–Trinajstić information content (AvgIpc) is 2.48. The van der Waals surface area contributed by atoms with E-state index in [-0.39, 0.29) is 23.8 Å². The number of carbonyl (C=O) groups excluding carboxylic acids is 1. The number of aromatic carboxylic acids is 1. The maximum Gasteiger partial charge on any atom is 0.356 e. The molecular weight excluding hydrogens is 274 g/mol. The molecule has 0 unspecified atom stereocenters. The van der Waals surface area contributed by atoms with Gasteiger partial charge in [-0.2, -0.15) is 0 Å². The van der Waals surface area contributed by atoms with Gasteiger partial charge in [-0.25, -0.2) is 19.7 Å². The molecule has 2 rings (SSSR count). The van der Waals surface area contributed by atoms with Gasteiger partial charge in [0.1, 0.15) is 0 Å². The molecular formula is C13H13N5O3. The molecule has 0 bridgehead atoms. The number of carboxylic acids is 1. The van der Waals surface area contributed by atoms with E-state index in [1.165, 1.54) is 12.3 Å². The van der Waals surface area contributed by atoms with Gasteiger partial charge in [0.05, 0.1) is 12.2 Å². The van der Waals surface area contributed by atoms with Gasteiger partial charge in [-0.1, -0.05) is 0 Å². The summed E-state index contributed by atoms with van der Waals surface area (Å²) in [4.78, 5) is 36.2. The molecule has 108 valence electrons. The molecule has 8 nitrogen and oxygen atoms in total. The van der Waals surface area contributed by atoms with E-state index in [1.807, 2.05) is 0 Å². The molecule has 2 N–H and O–H groups in total. The minimum Gasteiger partial charge on any atom is -0.476 e. The number of amides is 1. The SMILES string of the molecule is CN(CC(=O)Nc1cccnc1C(=O)O)c1ncccn1. The van der Waals surface area contributed by atoms with Gasteiger partial charge in [0.25, 0.3) is 0 Å². The van der Waals surface area contributed by atoms with Gasteiger partial charge in [0.2, 0.25) is 11.9 Å². The highest BCUT2D eigenvalue weighted by Gasteiger charge is 2.15. The van der Waals surface area contributed by atoms with Crippen LogP contribution in [0.5, 0.6) is 0 Å². The fraction of sp³-hybridized carbons (Fsp3) is 0.154. The monoisotopic (exact) mass is 287 g/mol. The van der Waals surface area contributed by atoms with Crippen LogP contribution in [0.3, 0.4) is 0 Å². The number of anilines is 2. The Morgan fingerprint density at radius 2 is 1.86 bits per heavy atom. The fourth-order valence-electron chi connectivity index (χ4n) is 1.64. The standard InChI is InChI=1S/C13H13N5O3/c1-18(13-15-6-3-7-16-13)8-10(19)17-9-4-2-5-14-11(9)12(20)21/h2-7H,8H2,1H3,(H,17,19)(H,20,21). The van der Waals surface area contributed by atoms with Crippen LogP contribution in [0.4, 0.5) is 11.6 Å². The van der Waals surface area contributed by atoms with Crippen molar-refractivity contribution >= 4 is 23.5 Å². The average molecular weight is 287 g/mol. The Morgan fingerprint density at radius 1 is 1.19 bits per heavy atom. The third kappa shape index (κ3) is 3.72. The number of hydrogen-bond donors (Lipinski definition) is 2. The zero-order chi connectivity index (χ0) is 15.2. The Kier molecular flexibility index (Phi) is 4.39. The highest BCUT2D eigenvalue weighted by molar-refractivity contribution is 6.00. The summed E-state index contributed by atoms with van der Waals surface area (Å²) in [6.07, 6.45) is 4.49. The number of likely N-dealkylation sites (N-methyl/N-ethyl adjacent to an activating group) is 1. The molecule has 1 amide bonds. The predicted molar refractivity (Wildman–Crippen MR) is 75.1 cm³/mol. The molecule has 0 fully saturated rings. The molecule has 2 aromatic heterocycles. The van der Waals surface area contributed by atoms with Crippen LogP contribution in [0.2, 0.25) is 0 Å². The molecule has 0 saturated heterocycles. The summed E-state index contributed by atoms with van der Waals surface area (Å²) >= 11 is 0. The van der Waals surface area contributed by atoms with Crippen LogP contribution >= 0.6 is 0 Å². The highest BCUT2D eigenvalue weighted by Crippen LogP contribution is 2.12. The molecule has 0 aromatic carbocycles. The van der Waals surface area contributed by atoms with Crippen molar-refractivity contribution in [2.75, 3.05) is 23.8 Å². The number of pyridine rings is 1. The molecule has 0 aliphatic rings. The van der Waals surface area contributed by atoms with Gasteiger partial charge in [-0.05, 0) is 18.2 Å². The van der Waals surface area contributed by atoms with Crippen molar-refractivity contribution in [3.63, 3.8) is 0 Å². The van der Waals surface area contributed by atoms with E-state index in [0.29, 0.717) is 5.95 Å². The second kappa shape index (κ2) is 6.42. The van der Waals surface area contributed by atoms with Gasteiger partial charge >= 0.3 is 5.97 Å². The van der Waals surface area contributed by atoms with Crippen molar-refractivity contribution in [1.29, 1.82) is 0 Å². The van der Waals surface area contributed by atoms with E-state index >= 15 is 0 Å². The van der Waals surface area contributed by atoms with E-state index in [1.54, 1.807) is 36.5 Å². The number of carbonyl (C=O) groups is 2. The number of rotatable bonds is 5. The maximum absolute atomic E-state index is 11.9. The van der Waals surface area contributed by atoms with Crippen molar-refractivity contribution in [3.8, 4) is 0 Å². The maximum atomic E-state index is 11.9. The predicted octanol–water partition coefficient (Wildman–Crippen LogP) is 0.645. The number of nitrogens with one attached hydrogen (secondary N) is 1. The number of nitrogens with zero attached hydrogens (tertiary/aromatic N) is 4. The van der Waals surface area contributed by atoms with Crippen LogP contribution in [0.15, 0.2) is 36.8 Å². The van der Waals surface area contributed by atoms with E-state index in [2.05, 4.69) is 20.3 Å². The molecule has 0 saturated carbocycles. The highest BCUT2D eigenvalue weighted by atomic mass is 16.4. The lowest BCUT2D eigenvalue weighted by molar-refractivity contribution is -0.114. The van der Waals surface area contributed by atoms with Crippen LogP contribution in [0, 0.1) is 0 Å². The number of hydrogen-bond acceptors (Lipinski definition) is 6. The zero-order valence-corrected chi connectivity index (χ0v) is 11.2. The number of carboxylic acid groups (broad SMARTS) is 1. The van der Waals surface area contributed by atoms with Crippen LogP contribution in [-0.4, -0.2) is 45.5 Å². The summed E-state index contributed by atoms with van der Waals surface area (Å²) in [5, 5.41) is 11.5. The molecule has 0 spiro atoms. The van der Waals surface area contributed by atoms with Crippen molar-refractivity contribution in [2.24, 2.45) is 0 Å². The Balaban J connectivity index is 2.04. The lowest BCUT2D eigenvalue weighted by Gasteiger charge is -2.16. The second-order valence-corrected chi connectivity index (χ2v) is 4.16. The van der Waals surface area contributed by atoms with E-state index < -0.39 is 5.97 Å². The molecule has 21 heavy (non-hydrogen) atoms. The van der Waals surface area contributed by atoms with Gasteiger partial charge in [-0.3, -0.25) is 4.79 Å². The first kappa shape index (κ1) is 14.4. The summed E-state index contributed by atoms with van der Waals surface area (Å²) in [5.74, 6) is -1.19.